The number of carbonyl (C=O) groups is 4. The first-order valence-corrected chi connectivity index (χ1v) is 13.3. The fourth-order valence-electron chi connectivity index (χ4n) is 5.73. The standard InChI is InChI=1S/C24H18Br2N4O8/c25-20-15-9-16(21(20)26)19-18(15)23(33)28(24(19)34)27(22(32)12-4-2-6-14(8-12)30(37)38)10-17(31)11-3-1-5-13(7-11)29(35)36/h1-8,15-16,18-21H,9-10H2/t15-,16-,18-,19-,20+,21+/m1/s1. The minimum absolute atomic E-state index is 0.0575. The van der Waals surface area contributed by atoms with E-state index in [2.05, 4.69) is 31.9 Å². The van der Waals surface area contributed by atoms with Gasteiger partial charge in [0.1, 0.15) is 6.54 Å². The average Bonchev–Trinajstić information content (AvgIpc) is 3.51. The quantitative estimate of drug-likeness (QED) is 0.145. The number of non-ortho nitro benzene ring substituents is 2. The second kappa shape index (κ2) is 9.66. The third-order valence-electron chi connectivity index (χ3n) is 7.42. The van der Waals surface area contributed by atoms with Crippen LogP contribution >= 0.6 is 31.9 Å². The van der Waals surface area contributed by atoms with Gasteiger partial charge in [0.2, 0.25) is 0 Å². The fourth-order valence-corrected chi connectivity index (χ4v) is 7.60. The number of fused-ring (bicyclic) bond motifs is 5. The van der Waals surface area contributed by atoms with Crippen molar-refractivity contribution in [3.8, 4) is 0 Å². The van der Waals surface area contributed by atoms with Crippen molar-refractivity contribution in [2.75, 3.05) is 6.54 Å². The summed E-state index contributed by atoms with van der Waals surface area (Å²) < 4.78 is 0. The van der Waals surface area contributed by atoms with E-state index in [0.29, 0.717) is 16.4 Å². The molecule has 0 radical (unpaired) electrons. The Hall–Kier alpha value is -3.52. The number of nitro groups is 2. The summed E-state index contributed by atoms with van der Waals surface area (Å²) in [6.07, 6.45) is 0.651. The van der Waals surface area contributed by atoms with Crippen LogP contribution in [0.1, 0.15) is 27.1 Å². The van der Waals surface area contributed by atoms with Crippen LogP contribution in [0.3, 0.4) is 0 Å². The summed E-state index contributed by atoms with van der Waals surface area (Å²) >= 11 is 7.19. The van der Waals surface area contributed by atoms with Crippen molar-refractivity contribution in [2.24, 2.45) is 23.7 Å². The molecule has 2 bridgehead atoms. The molecule has 2 aliphatic carbocycles. The Kier molecular flexibility index (Phi) is 6.63. The van der Waals surface area contributed by atoms with E-state index in [-0.39, 0.29) is 44.0 Å². The third-order valence-corrected chi connectivity index (χ3v) is 10.6. The van der Waals surface area contributed by atoms with Crippen molar-refractivity contribution in [3.63, 3.8) is 0 Å². The number of carbonyl (C=O) groups excluding carboxylic acids is 4. The van der Waals surface area contributed by atoms with Crippen molar-refractivity contribution in [1.29, 1.82) is 0 Å². The highest BCUT2D eigenvalue weighted by atomic mass is 79.9. The van der Waals surface area contributed by atoms with Crippen LogP contribution in [-0.2, 0) is 9.59 Å². The van der Waals surface area contributed by atoms with Crippen molar-refractivity contribution < 1.29 is 29.0 Å². The molecule has 3 aliphatic rings. The summed E-state index contributed by atoms with van der Waals surface area (Å²) in [4.78, 5) is 75.1. The Labute approximate surface area is 231 Å². The largest absolute Gasteiger partial charge is 0.292 e. The molecule has 0 spiro atoms. The molecule has 2 saturated carbocycles. The zero-order chi connectivity index (χ0) is 27.5. The van der Waals surface area contributed by atoms with Crippen LogP contribution in [0.5, 0.6) is 0 Å². The van der Waals surface area contributed by atoms with Crippen molar-refractivity contribution in [2.45, 2.75) is 16.1 Å². The fraction of sp³-hybridized carbons (Fsp3) is 0.333. The maximum Gasteiger partial charge on any atom is 0.273 e. The molecule has 12 nitrogen and oxygen atoms in total. The van der Waals surface area contributed by atoms with E-state index < -0.39 is 51.7 Å². The van der Waals surface area contributed by atoms with Crippen molar-refractivity contribution >= 4 is 66.7 Å². The monoisotopic (exact) mass is 648 g/mol. The zero-order valence-corrected chi connectivity index (χ0v) is 22.5. The smallest absolute Gasteiger partial charge is 0.273 e. The van der Waals surface area contributed by atoms with Crippen LogP contribution in [0.2, 0.25) is 0 Å². The van der Waals surface area contributed by atoms with Gasteiger partial charge in [0.05, 0.1) is 21.7 Å². The summed E-state index contributed by atoms with van der Waals surface area (Å²) in [5.41, 5.74) is -1.04. The molecule has 5 rings (SSSR count). The molecule has 3 fully saturated rings. The number of hydrazine groups is 1. The lowest BCUT2D eigenvalue weighted by Gasteiger charge is -2.30. The number of halogens is 2. The average molecular weight is 650 g/mol. The zero-order valence-electron chi connectivity index (χ0n) is 19.3. The van der Waals surface area contributed by atoms with Gasteiger partial charge in [-0.15, -0.1) is 0 Å². The van der Waals surface area contributed by atoms with Gasteiger partial charge >= 0.3 is 0 Å². The first-order valence-electron chi connectivity index (χ1n) is 11.5. The van der Waals surface area contributed by atoms with Crippen LogP contribution in [-0.4, -0.2) is 59.6 Å². The number of alkyl halides is 2. The molecule has 14 heteroatoms. The molecule has 3 amide bonds. The number of imide groups is 1. The predicted molar refractivity (Wildman–Crippen MR) is 137 cm³/mol. The molecule has 6 atom stereocenters. The summed E-state index contributed by atoms with van der Waals surface area (Å²) in [5, 5.41) is 23.8. The maximum atomic E-state index is 13.6. The first kappa shape index (κ1) is 26.1. The Morgan fingerprint density at radius 3 is 1.84 bits per heavy atom. The van der Waals surface area contributed by atoms with Gasteiger partial charge in [-0.05, 0) is 24.3 Å². The first-order chi connectivity index (χ1) is 18.0. The molecular weight excluding hydrogens is 632 g/mol. The highest BCUT2D eigenvalue weighted by Gasteiger charge is 2.67. The lowest BCUT2D eigenvalue weighted by Crippen LogP contribution is -2.52. The number of Topliss-reactive ketones (excluding diaryl/α,β-unsaturated/α-hetero) is 1. The van der Waals surface area contributed by atoms with E-state index in [1.165, 1.54) is 36.4 Å². The van der Waals surface area contributed by atoms with Crippen molar-refractivity contribution in [3.05, 3.63) is 79.9 Å². The number of rotatable bonds is 7. The second-order valence-electron chi connectivity index (χ2n) is 9.39. The number of amides is 3. The van der Waals surface area contributed by atoms with Gasteiger partial charge in [0.25, 0.3) is 29.1 Å². The molecule has 1 saturated heterocycles. The molecule has 0 aromatic heterocycles. The van der Waals surface area contributed by atoms with Gasteiger partial charge in [-0.2, -0.15) is 5.01 Å². The highest BCUT2D eigenvalue weighted by Crippen LogP contribution is 2.60. The summed E-state index contributed by atoms with van der Waals surface area (Å²) in [6, 6.07) is 9.57. The summed E-state index contributed by atoms with van der Waals surface area (Å²) in [7, 11) is 0. The Morgan fingerprint density at radius 1 is 0.868 bits per heavy atom. The molecule has 0 N–H and O–H groups in total. The van der Waals surface area contributed by atoms with Crippen LogP contribution in [0, 0.1) is 43.9 Å². The van der Waals surface area contributed by atoms with Crippen molar-refractivity contribution in [1.82, 2.24) is 10.0 Å². The molecule has 0 unspecified atom stereocenters. The van der Waals surface area contributed by atoms with Crippen LogP contribution in [0.4, 0.5) is 11.4 Å². The molecule has 1 aliphatic heterocycles. The van der Waals surface area contributed by atoms with Gasteiger partial charge in [0, 0.05) is 45.0 Å². The lowest BCUT2D eigenvalue weighted by molar-refractivity contribution is -0.385. The normalized spacial score (nSPS) is 27.4. The highest BCUT2D eigenvalue weighted by molar-refractivity contribution is 9.12. The number of benzene rings is 2. The van der Waals surface area contributed by atoms with Gasteiger partial charge in [-0.25, -0.2) is 5.01 Å². The lowest BCUT2D eigenvalue weighted by atomic mass is 9.81. The number of nitro benzene ring substituents is 2. The minimum atomic E-state index is -0.965. The molecule has 38 heavy (non-hydrogen) atoms. The number of nitrogens with zero attached hydrogens (tertiary/aromatic N) is 4. The molecule has 2 aromatic rings. The van der Waals surface area contributed by atoms with Gasteiger partial charge in [-0.3, -0.25) is 39.4 Å². The number of hydrogen-bond acceptors (Lipinski definition) is 8. The van der Waals surface area contributed by atoms with Gasteiger partial charge in [0.15, 0.2) is 5.78 Å². The molecule has 196 valence electrons. The van der Waals surface area contributed by atoms with Crippen LogP contribution in [0.25, 0.3) is 0 Å². The number of ketones is 1. The molecule has 1 heterocycles. The third kappa shape index (κ3) is 4.11. The Morgan fingerprint density at radius 2 is 1.34 bits per heavy atom. The van der Waals surface area contributed by atoms with E-state index >= 15 is 0 Å². The van der Waals surface area contributed by atoms with Gasteiger partial charge < -0.3 is 0 Å². The van der Waals surface area contributed by atoms with E-state index in [9.17, 15) is 39.4 Å². The second-order valence-corrected chi connectivity index (χ2v) is 11.5. The topological polar surface area (TPSA) is 161 Å². The van der Waals surface area contributed by atoms with E-state index in [0.717, 1.165) is 12.1 Å². The van der Waals surface area contributed by atoms with E-state index in [1.807, 2.05) is 0 Å². The molecule has 2 aromatic carbocycles. The van der Waals surface area contributed by atoms with Gasteiger partial charge in [-0.1, -0.05) is 50.1 Å². The van der Waals surface area contributed by atoms with E-state index in [4.69, 9.17) is 0 Å². The van der Waals surface area contributed by atoms with Crippen LogP contribution in [0.15, 0.2) is 48.5 Å². The Bertz CT molecular complexity index is 1390. The minimum Gasteiger partial charge on any atom is -0.292 e. The Balaban J connectivity index is 1.53. The molecular formula is C24H18Br2N4O8. The van der Waals surface area contributed by atoms with E-state index in [1.54, 1.807) is 0 Å². The summed E-state index contributed by atoms with van der Waals surface area (Å²) in [6.45, 7) is -0.787. The number of hydrogen-bond donors (Lipinski definition) is 0. The SMILES string of the molecule is O=C(CN(C(=O)c1cccc([N+](=O)[O-])c1)N1C(=O)[C@@H]2[C@H]3C[C@@H]([C@H](Br)[C@H]3Br)[C@H]2C1=O)c1cccc([N+](=O)[O-])c1. The van der Waals surface area contributed by atoms with Crippen LogP contribution < -0.4 is 0 Å². The summed E-state index contributed by atoms with van der Waals surface area (Å²) in [5.74, 6) is -4.64. The maximum absolute atomic E-state index is 13.6. The predicted octanol–water partition coefficient (Wildman–Crippen LogP) is 3.52.